The Morgan fingerprint density at radius 2 is 2.17 bits per heavy atom. The van der Waals surface area contributed by atoms with Crippen molar-refractivity contribution >= 4 is 21.7 Å². The van der Waals surface area contributed by atoms with E-state index in [0.717, 1.165) is 11.9 Å². The summed E-state index contributed by atoms with van der Waals surface area (Å²) in [7, 11) is 1.78. The van der Waals surface area contributed by atoms with Crippen LogP contribution in [0.3, 0.4) is 0 Å². The van der Waals surface area contributed by atoms with E-state index < -0.39 is 0 Å². The van der Waals surface area contributed by atoms with Gasteiger partial charge in [0.05, 0.1) is 0 Å². The maximum Gasteiger partial charge on any atom is 0.293 e. The molecule has 1 saturated carbocycles. The maximum atomic E-state index is 12.2. The second kappa shape index (κ2) is 6.36. The first kappa shape index (κ1) is 13.6. The number of hydrogen-bond donors (Lipinski definition) is 0. The summed E-state index contributed by atoms with van der Waals surface area (Å²) in [5, 5.41) is 0.864. The molecule has 2 rings (SSSR count). The topological polar surface area (TPSA) is 38.1 Å². The average molecular weight is 314 g/mol. The fraction of sp³-hybridized carbons (Fsp3) is 0.692. The molecule has 0 radical (unpaired) electrons. The molecule has 100 valence electrons. The summed E-state index contributed by atoms with van der Waals surface area (Å²) >= 11 is 3.48. The minimum absolute atomic E-state index is 0.00373. The normalized spacial score (nSPS) is 16.8. The lowest BCUT2D eigenvalue weighted by Gasteiger charge is -2.34. The number of aromatic nitrogens is 2. The van der Waals surface area contributed by atoms with Gasteiger partial charge in [-0.05, 0) is 12.8 Å². The SMILES string of the molecule is Cn1ccnc(N(CCBr)C2CCCCC2)c1=O. The van der Waals surface area contributed by atoms with Gasteiger partial charge in [0.15, 0.2) is 5.82 Å². The number of alkyl halides is 1. The molecule has 0 aliphatic heterocycles. The molecule has 0 saturated heterocycles. The Bertz CT molecular complexity index is 440. The van der Waals surface area contributed by atoms with Crippen LogP contribution in [0.15, 0.2) is 17.2 Å². The predicted molar refractivity (Wildman–Crippen MR) is 77.5 cm³/mol. The van der Waals surface area contributed by atoms with Gasteiger partial charge in [-0.3, -0.25) is 4.79 Å². The van der Waals surface area contributed by atoms with Crippen LogP contribution in [0.1, 0.15) is 32.1 Å². The smallest absolute Gasteiger partial charge is 0.293 e. The molecule has 4 nitrogen and oxygen atoms in total. The Morgan fingerprint density at radius 1 is 1.44 bits per heavy atom. The van der Waals surface area contributed by atoms with E-state index >= 15 is 0 Å². The van der Waals surface area contributed by atoms with Crippen LogP contribution >= 0.6 is 15.9 Å². The summed E-state index contributed by atoms with van der Waals surface area (Å²) in [6, 6.07) is 0.471. The quantitative estimate of drug-likeness (QED) is 0.801. The van der Waals surface area contributed by atoms with Gasteiger partial charge in [0, 0.05) is 37.4 Å². The molecular weight excluding hydrogens is 294 g/mol. The van der Waals surface area contributed by atoms with Crippen molar-refractivity contribution in [3.63, 3.8) is 0 Å². The molecule has 0 amide bonds. The molecule has 5 heteroatoms. The first-order valence-corrected chi connectivity index (χ1v) is 7.70. The van der Waals surface area contributed by atoms with Crippen molar-refractivity contribution in [3.8, 4) is 0 Å². The fourth-order valence-electron chi connectivity index (χ4n) is 2.63. The zero-order chi connectivity index (χ0) is 13.0. The fourth-order valence-corrected chi connectivity index (χ4v) is 3.01. The van der Waals surface area contributed by atoms with Crippen LogP contribution in [0.5, 0.6) is 0 Å². The van der Waals surface area contributed by atoms with Crippen molar-refractivity contribution < 1.29 is 0 Å². The Balaban J connectivity index is 2.28. The highest BCUT2D eigenvalue weighted by molar-refractivity contribution is 9.09. The molecule has 18 heavy (non-hydrogen) atoms. The third-order valence-electron chi connectivity index (χ3n) is 3.61. The van der Waals surface area contributed by atoms with Gasteiger partial charge < -0.3 is 9.47 Å². The van der Waals surface area contributed by atoms with Gasteiger partial charge in [-0.25, -0.2) is 4.98 Å². The minimum atomic E-state index is 0.00373. The average Bonchev–Trinajstić information content (AvgIpc) is 2.41. The monoisotopic (exact) mass is 313 g/mol. The second-order valence-electron chi connectivity index (χ2n) is 4.84. The van der Waals surface area contributed by atoms with Crippen molar-refractivity contribution in [3.05, 3.63) is 22.7 Å². The van der Waals surface area contributed by atoms with Gasteiger partial charge in [0.2, 0.25) is 0 Å². The maximum absolute atomic E-state index is 12.2. The molecule has 1 heterocycles. The predicted octanol–water partition coefficient (Wildman–Crippen LogP) is 2.31. The number of hydrogen-bond acceptors (Lipinski definition) is 3. The van der Waals surface area contributed by atoms with Gasteiger partial charge in [-0.1, -0.05) is 35.2 Å². The molecule has 0 unspecified atom stereocenters. The Hall–Kier alpha value is -0.840. The van der Waals surface area contributed by atoms with Gasteiger partial charge in [0.1, 0.15) is 0 Å². The summed E-state index contributed by atoms with van der Waals surface area (Å²) in [5.41, 5.74) is 0.00373. The summed E-state index contributed by atoms with van der Waals surface area (Å²) < 4.78 is 1.60. The van der Waals surface area contributed by atoms with E-state index in [1.807, 2.05) is 0 Å². The van der Waals surface area contributed by atoms with Crippen molar-refractivity contribution in [1.29, 1.82) is 0 Å². The van der Waals surface area contributed by atoms with Crippen LogP contribution < -0.4 is 10.5 Å². The zero-order valence-corrected chi connectivity index (χ0v) is 12.4. The van der Waals surface area contributed by atoms with Gasteiger partial charge >= 0.3 is 0 Å². The number of aryl methyl sites for hydroxylation is 1. The zero-order valence-electron chi connectivity index (χ0n) is 10.8. The summed E-state index contributed by atoms with van der Waals surface area (Å²) in [5.74, 6) is 0.603. The van der Waals surface area contributed by atoms with E-state index in [4.69, 9.17) is 0 Å². The third-order valence-corrected chi connectivity index (χ3v) is 3.97. The van der Waals surface area contributed by atoms with Crippen LogP contribution in [0, 0.1) is 0 Å². The number of nitrogens with zero attached hydrogens (tertiary/aromatic N) is 3. The van der Waals surface area contributed by atoms with E-state index in [9.17, 15) is 4.79 Å². The molecule has 1 aromatic heterocycles. The molecule has 1 aliphatic rings. The van der Waals surface area contributed by atoms with Gasteiger partial charge in [-0.2, -0.15) is 0 Å². The van der Waals surface area contributed by atoms with E-state index in [1.165, 1.54) is 32.1 Å². The van der Waals surface area contributed by atoms with Crippen LogP contribution in [-0.4, -0.2) is 27.5 Å². The van der Waals surface area contributed by atoms with Crippen molar-refractivity contribution in [2.45, 2.75) is 38.1 Å². The number of halogens is 1. The van der Waals surface area contributed by atoms with E-state index in [0.29, 0.717) is 11.9 Å². The molecule has 0 aromatic carbocycles. The van der Waals surface area contributed by atoms with Crippen LogP contribution in [-0.2, 0) is 7.05 Å². The van der Waals surface area contributed by atoms with E-state index in [2.05, 4.69) is 25.8 Å². The van der Waals surface area contributed by atoms with Crippen LogP contribution in [0.25, 0.3) is 0 Å². The lowest BCUT2D eigenvalue weighted by atomic mass is 9.94. The van der Waals surface area contributed by atoms with Gasteiger partial charge in [-0.15, -0.1) is 0 Å². The van der Waals surface area contributed by atoms with Crippen LogP contribution in [0.2, 0.25) is 0 Å². The van der Waals surface area contributed by atoms with E-state index in [1.54, 1.807) is 24.0 Å². The largest absolute Gasteiger partial charge is 0.348 e. The van der Waals surface area contributed by atoms with E-state index in [-0.39, 0.29) is 5.56 Å². The summed E-state index contributed by atoms with van der Waals surface area (Å²) in [4.78, 5) is 18.7. The summed E-state index contributed by atoms with van der Waals surface area (Å²) in [6.07, 6.45) is 9.60. The second-order valence-corrected chi connectivity index (χ2v) is 5.63. The molecule has 0 bridgehead atoms. The Kier molecular flexibility index (Phi) is 4.80. The van der Waals surface area contributed by atoms with Crippen molar-refractivity contribution in [2.24, 2.45) is 7.05 Å². The number of anilines is 1. The number of rotatable bonds is 4. The highest BCUT2D eigenvalue weighted by Crippen LogP contribution is 2.24. The third kappa shape index (κ3) is 2.94. The molecule has 1 aromatic rings. The molecule has 1 aliphatic carbocycles. The van der Waals surface area contributed by atoms with Crippen molar-refractivity contribution in [1.82, 2.24) is 9.55 Å². The lowest BCUT2D eigenvalue weighted by Crippen LogP contribution is -2.42. The highest BCUT2D eigenvalue weighted by Gasteiger charge is 2.23. The molecular formula is C13H20BrN3O. The van der Waals surface area contributed by atoms with Gasteiger partial charge in [0.25, 0.3) is 5.56 Å². The molecule has 0 atom stereocenters. The molecule has 0 N–H and O–H groups in total. The molecule has 1 fully saturated rings. The van der Waals surface area contributed by atoms with Crippen molar-refractivity contribution in [2.75, 3.05) is 16.8 Å². The minimum Gasteiger partial charge on any atom is -0.348 e. The summed E-state index contributed by atoms with van der Waals surface area (Å²) in [6.45, 7) is 0.844. The first-order chi connectivity index (χ1) is 8.74. The first-order valence-electron chi connectivity index (χ1n) is 6.58. The van der Waals surface area contributed by atoms with Crippen LogP contribution in [0.4, 0.5) is 5.82 Å². The Morgan fingerprint density at radius 3 is 2.83 bits per heavy atom. The standard InChI is InChI=1S/C13H20BrN3O/c1-16-10-8-15-12(13(16)18)17(9-7-14)11-5-3-2-4-6-11/h8,10-11H,2-7,9H2,1H3. The molecule has 0 spiro atoms. The Labute approximate surface area is 116 Å². The lowest BCUT2D eigenvalue weighted by molar-refractivity contribution is 0.416. The highest BCUT2D eigenvalue weighted by atomic mass is 79.9.